The Labute approximate surface area is 355 Å². The summed E-state index contributed by atoms with van der Waals surface area (Å²) in [5.41, 5.74) is -2.55. The minimum absolute atomic E-state index is 0.0114. The molecule has 0 aliphatic carbocycles. The average Bonchev–Trinajstić information content (AvgIpc) is 3.21. The van der Waals surface area contributed by atoms with Gasteiger partial charge < -0.3 is 4.74 Å². The van der Waals surface area contributed by atoms with Gasteiger partial charge in [0.2, 0.25) is 0 Å². The molecule has 0 radical (unpaired) electrons. The number of ether oxygens (including phenoxy) is 1. The van der Waals surface area contributed by atoms with Crippen LogP contribution in [-0.4, -0.2) is 18.4 Å². The number of alkyl halides is 12. The van der Waals surface area contributed by atoms with Crippen molar-refractivity contribution < 1.29 is 66.4 Å². The number of hydrogen-bond acceptors (Lipinski definition) is 3. The topological polar surface area (TPSA) is 43.4 Å². The normalized spacial score (nSPS) is 13.1. The third-order valence-corrected chi connectivity index (χ3v) is 11.2. The number of rotatable bonds is 7. The van der Waals surface area contributed by atoms with Gasteiger partial charge in [0.05, 0.1) is 22.3 Å². The van der Waals surface area contributed by atoms with Crippen LogP contribution in [0.5, 0.6) is 5.75 Å². The monoisotopic (exact) mass is 904 g/mol. The van der Waals surface area contributed by atoms with E-state index in [4.69, 9.17) is 4.74 Å². The second-order valence-corrected chi connectivity index (χ2v) is 16.8. The van der Waals surface area contributed by atoms with Crippen molar-refractivity contribution >= 4 is 43.9 Å². The second-order valence-electron chi connectivity index (χ2n) is 14.3. The summed E-state index contributed by atoms with van der Waals surface area (Å²) in [5.74, 6) is 3.44. The molecule has 0 bridgehead atoms. The summed E-state index contributed by atoms with van der Waals surface area (Å²) in [4.78, 5) is 10.9. The molecule has 6 aromatic rings. The fourth-order valence-corrected chi connectivity index (χ4v) is 8.09. The molecule has 0 aromatic heterocycles. The molecule has 0 saturated carbocycles. The first-order valence-corrected chi connectivity index (χ1v) is 20.6. The molecular weight excluding hydrogens is 871 g/mol. The molecule has 1 atom stereocenters. The molecule has 0 saturated heterocycles. The lowest BCUT2D eigenvalue weighted by Gasteiger charge is -2.44. The SMILES string of the molecule is CC(=O)Oc1ccc(C[S+](C)(=O)C#Cc2ccccc2)cc1.FC(F)(F)c1ccc([B-](c2ccc(C(F)(F)F)cc2)(c2ccc(C(F)(F)F)cc2)c2ccc(C(F)(F)F)cc2)cc1. The molecule has 328 valence electrons. The van der Waals surface area contributed by atoms with Crippen LogP contribution < -0.4 is 26.6 Å². The molecule has 0 N–H and O–H groups in total. The molecule has 17 heteroatoms. The lowest BCUT2D eigenvalue weighted by Crippen LogP contribution is -2.74. The first-order chi connectivity index (χ1) is 29.3. The third kappa shape index (κ3) is 12.2. The molecule has 1 unspecified atom stereocenters. The third-order valence-electron chi connectivity index (χ3n) is 9.76. The van der Waals surface area contributed by atoms with Crippen LogP contribution in [0.2, 0.25) is 0 Å². The Hall–Kier alpha value is -6.28. The Morgan fingerprint density at radius 1 is 0.508 bits per heavy atom. The first-order valence-electron chi connectivity index (χ1n) is 18.5. The molecule has 0 aliphatic heterocycles. The number of hydrogen-bond donors (Lipinski definition) is 0. The summed E-state index contributed by atoms with van der Waals surface area (Å²) in [6.45, 7) is 1.35. The molecule has 0 heterocycles. The molecule has 0 fully saturated rings. The summed E-state index contributed by atoms with van der Waals surface area (Å²) in [6, 6.07) is 30.0. The smallest absolute Gasteiger partial charge is 0.416 e. The van der Waals surface area contributed by atoms with Crippen LogP contribution in [0.15, 0.2) is 152 Å². The van der Waals surface area contributed by atoms with Crippen LogP contribution in [0.25, 0.3) is 0 Å². The van der Waals surface area contributed by atoms with Gasteiger partial charge in [0, 0.05) is 18.1 Å². The summed E-state index contributed by atoms with van der Waals surface area (Å²) in [6.07, 6.45) is -20.3. The zero-order chi connectivity index (χ0) is 46.4. The predicted octanol–water partition coefficient (Wildman–Crippen LogP) is 10.4. The van der Waals surface area contributed by atoms with E-state index in [0.717, 1.165) is 59.7 Å². The highest BCUT2D eigenvalue weighted by atomic mass is 32.2. The maximum atomic E-state index is 13.3. The van der Waals surface area contributed by atoms with Gasteiger partial charge in [-0.1, -0.05) is 132 Å². The maximum Gasteiger partial charge on any atom is 0.416 e. The Kier molecular flexibility index (Phi) is 14.1. The van der Waals surface area contributed by atoms with Gasteiger partial charge in [0.15, 0.2) is 15.2 Å². The van der Waals surface area contributed by atoms with E-state index in [-0.39, 0.29) is 27.8 Å². The van der Waals surface area contributed by atoms with Crippen molar-refractivity contribution in [3.63, 3.8) is 0 Å². The van der Waals surface area contributed by atoms with Crippen molar-refractivity contribution in [2.45, 2.75) is 37.4 Å². The Morgan fingerprint density at radius 2 is 0.825 bits per heavy atom. The van der Waals surface area contributed by atoms with E-state index in [1.165, 1.54) is 6.92 Å². The van der Waals surface area contributed by atoms with Gasteiger partial charge in [-0.15, -0.1) is 0 Å². The van der Waals surface area contributed by atoms with Crippen molar-refractivity contribution in [2.75, 3.05) is 6.26 Å². The van der Waals surface area contributed by atoms with Crippen molar-refractivity contribution in [1.29, 1.82) is 0 Å². The van der Waals surface area contributed by atoms with Gasteiger partial charge in [-0.05, 0) is 30.2 Å². The van der Waals surface area contributed by atoms with Crippen LogP contribution >= 0.6 is 0 Å². The maximum absolute atomic E-state index is 13.3. The van der Waals surface area contributed by atoms with Gasteiger partial charge in [-0.3, -0.25) is 4.79 Å². The molecule has 3 nitrogen and oxygen atoms in total. The van der Waals surface area contributed by atoms with Gasteiger partial charge in [-0.2, -0.15) is 74.5 Å². The fraction of sp³-hybridized carbons (Fsp3) is 0.152. The van der Waals surface area contributed by atoms with E-state index in [9.17, 15) is 61.7 Å². The fourth-order valence-electron chi connectivity index (χ4n) is 6.86. The van der Waals surface area contributed by atoms with E-state index in [1.54, 1.807) is 30.5 Å². The zero-order valence-corrected chi connectivity index (χ0v) is 33.7. The van der Waals surface area contributed by atoms with Crippen LogP contribution in [0.4, 0.5) is 52.7 Å². The van der Waals surface area contributed by atoms with E-state index in [2.05, 4.69) is 11.2 Å². The lowest BCUT2D eigenvalue weighted by molar-refractivity contribution is -0.138. The van der Waals surface area contributed by atoms with Gasteiger partial charge in [0.25, 0.3) is 0 Å². The van der Waals surface area contributed by atoms with Crippen molar-refractivity contribution in [3.05, 3.63) is 185 Å². The highest BCUT2D eigenvalue weighted by Crippen LogP contribution is 2.32. The van der Waals surface area contributed by atoms with E-state index in [1.807, 2.05) is 30.3 Å². The van der Waals surface area contributed by atoms with Crippen LogP contribution in [0, 0.1) is 11.2 Å². The van der Waals surface area contributed by atoms with Crippen LogP contribution in [0.3, 0.4) is 0 Å². The Morgan fingerprint density at radius 3 is 1.11 bits per heavy atom. The van der Waals surface area contributed by atoms with Crippen molar-refractivity contribution in [1.82, 2.24) is 0 Å². The molecule has 0 spiro atoms. The number of halogens is 12. The summed E-state index contributed by atoms with van der Waals surface area (Å²) in [5, 5.41) is 2.86. The summed E-state index contributed by atoms with van der Waals surface area (Å²) >= 11 is 0. The minimum Gasteiger partial charge on any atom is -0.427 e. The molecule has 0 amide bonds. The van der Waals surface area contributed by atoms with E-state index in [0.29, 0.717) is 60.0 Å². The lowest BCUT2D eigenvalue weighted by atomic mass is 9.13. The number of esters is 1. The first kappa shape index (κ1) is 47.8. The van der Waals surface area contributed by atoms with Crippen molar-refractivity contribution in [2.24, 2.45) is 0 Å². The highest BCUT2D eigenvalue weighted by molar-refractivity contribution is 8.05. The highest BCUT2D eigenvalue weighted by Gasteiger charge is 2.38. The number of carbonyl (C=O) groups excluding carboxylic acids is 1. The van der Waals surface area contributed by atoms with Gasteiger partial charge >= 0.3 is 30.7 Å². The van der Waals surface area contributed by atoms with E-state index < -0.39 is 63.0 Å². The Bertz CT molecular complexity index is 2360. The average molecular weight is 905 g/mol. The standard InChI is InChI=1S/C28H16BF12.C18H17O3S/c30-25(31,32)17-1-9-21(10-2-17)29(22-11-3-18(4-12-22)26(33,34)35,23-13-5-19(6-14-23)27(36,37)38)24-15-7-20(8-16-24)28(39,40)41;1-15(19)21-18-10-8-17(9-11-18)14-22(2,20)13-12-16-6-4-3-5-7-16/h1-16H;3-11H,14H2,1-2H3/q-1;+1. The largest absolute Gasteiger partial charge is 0.427 e. The number of benzene rings is 6. The Balaban J connectivity index is 0.000000286. The summed E-state index contributed by atoms with van der Waals surface area (Å²) in [7, 11) is -2.29. The van der Waals surface area contributed by atoms with Crippen LogP contribution in [-0.2, 0) is 49.4 Å². The second kappa shape index (κ2) is 18.6. The van der Waals surface area contributed by atoms with Crippen LogP contribution in [0.1, 0.15) is 40.3 Å². The summed E-state index contributed by atoms with van der Waals surface area (Å²) < 4.78 is 178. The molecule has 0 aliphatic rings. The van der Waals surface area contributed by atoms with E-state index >= 15 is 0 Å². The molecular formula is C46H33BF12O3S. The quantitative estimate of drug-likeness (QED) is 0.0400. The minimum atomic E-state index is -4.77. The van der Waals surface area contributed by atoms with Crippen molar-refractivity contribution in [3.8, 4) is 16.9 Å². The molecule has 63 heavy (non-hydrogen) atoms. The number of carbonyl (C=O) groups is 1. The predicted molar refractivity (Wildman–Crippen MR) is 219 cm³/mol. The molecule has 6 rings (SSSR count). The zero-order valence-electron chi connectivity index (χ0n) is 32.9. The molecule has 6 aromatic carbocycles. The van der Waals surface area contributed by atoms with Gasteiger partial charge in [0.1, 0.15) is 23.9 Å². The van der Waals surface area contributed by atoms with Gasteiger partial charge in [-0.25, -0.2) is 0 Å².